The number of ether oxygens (including phenoxy) is 2. The second-order valence-corrected chi connectivity index (χ2v) is 4.56. The lowest BCUT2D eigenvalue weighted by molar-refractivity contribution is 0.199. The molecule has 0 spiro atoms. The lowest BCUT2D eigenvalue weighted by Gasteiger charge is -2.06. The van der Waals surface area contributed by atoms with Gasteiger partial charge in [-0.1, -0.05) is 16.8 Å². The van der Waals surface area contributed by atoms with E-state index in [1.54, 1.807) is 14.2 Å². The van der Waals surface area contributed by atoms with Crippen molar-refractivity contribution >= 4 is 0 Å². The Labute approximate surface area is 118 Å². The van der Waals surface area contributed by atoms with Crippen LogP contribution in [0.15, 0.2) is 28.8 Å². The number of nitrogens with zero attached hydrogens (tertiary/aromatic N) is 1. The van der Waals surface area contributed by atoms with Crippen LogP contribution in [0.4, 0.5) is 0 Å². The molecule has 0 radical (unpaired) electrons. The van der Waals surface area contributed by atoms with Gasteiger partial charge in [-0.25, -0.2) is 0 Å². The summed E-state index contributed by atoms with van der Waals surface area (Å²) in [7, 11) is 3.33. The molecule has 1 heterocycles. The molecule has 2 aromatic rings. The maximum atomic E-state index is 5.40. The maximum Gasteiger partial charge on any atom is 0.170 e. The van der Waals surface area contributed by atoms with Gasteiger partial charge in [0.1, 0.15) is 5.75 Å². The molecule has 1 aromatic heterocycles. The minimum atomic E-state index is 0.654. The molecule has 0 fully saturated rings. The fraction of sp³-hybridized carbons (Fsp3) is 0.400. The SMILES string of the molecule is COCCNCc1cc(-c2cc(C)ccc2OC)on1. The van der Waals surface area contributed by atoms with Gasteiger partial charge in [0.15, 0.2) is 5.76 Å². The van der Waals surface area contributed by atoms with E-state index in [1.807, 2.05) is 31.2 Å². The van der Waals surface area contributed by atoms with Crippen molar-refractivity contribution in [3.05, 3.63) is 35.5 Å². The lowest BCUT2D eigenvalue weighted by Crippen LogP contribution is -2.18. The summed E-state index contributed by atoms with van der Waals surface area (Å²) in [5, 5.41) is 7.29. The first-order valence-corrected chi connectivity index (χ1v) is 6.55. The highest BCUT2D eigenvalue weighted by atomic mass is 16.5. The largest absolute Gasteiger partial charge is 0.496 e. The second-order valence-electron chi connectivity index (χ2n) is 4.56. The van der Waals surface area contributed by atoms with Crippen LogP contribution in [0, 0.1) is 6.92 Å². The van der Waals surface area contributed by atoms with E-state index < -0.39 is 0 Å². The Kier molecular flexibility index (Phi) is 5.15. The van der Waals surface area contributed by atoms with E-state index in [-0.39, 0.29) is 0 Å². The highest BCUT2D eigenvalue weighted by Crippen LogP contribution is 2.31. The second kappa shape index (κ2) is 7.07. The minimum Gasteiger partial charge on any atom is -0.496 e. The zero-order valence-electron chi connectivity index (χ0n) is 12.1. The molecule has 1 N–H and O–H groups in total. The standard InChI is InChI=1S/C15H20N2O3/c1-11-4-5-14(19-3)13(8-11)15-9-12(17-20-15)10-16-6-7-18-2/h4-5,8-9,16H,6-7,10H2,1-3H3. The molecule has 5 heteroatoms. The van der Waals surface area contributed by atoms with Gasteiger partial charge in [0, 0.05) is 26.3 Å². The van der Waals surface area contributed by atoms with Crippen molar-refractivity contribution in [2.24, 2.45) is 0 Å². The number of aryl methyl sites for hydroxylation is 1. The number of hydrogen-bond acceptors (Lipinski definition) is 5. The number of aromatic nitrogens is 1. The van der Waals surface area contributed by atoms with Crippen LogP contribution in [-0.4, -0.2) is 32.5 Å². The summed E-state index contributed by atoms with van der Waals surface area (Å²) >= 11 is 0. The van der Waals surface area contributed by atoms with E-state index in [0.29, 0.717) is 18.9 Å². The Morgan fingerprint density at radius 1 is 1.25 bits per heavy atom. The Balaban J connectivity index is 2.10. The van der Waals surface area contributed by atoms with Crippen molar-refractivity contribution in [2.45, 2.75) is 13.5 Å². The molecule has 0 aliphatic heterocycles. The smallest absolute Gasteiger partial charge is 0.170 e. The molecule has 108 valence electrons. The molecule has 5 nitrogen and oxygen atoms in total. The van der Waals surface area contributed by atoms with Gasteiger partial charge >= 0.3 is 0 Å². The predicted octanol–water partition coefficient (Wildman–Crippen LogP) is 2.39. The van der Waals surface area contributed by atoms with Gasteiger partial charge in [0.2, 0.25) is 0 Å². The fourth-order valence-electron chi connectivity index (χ4n) is 1.93. The van der Waals surface area contributed by atoms with Crippen molar-refractivity contribution in [1.82, 2.24) is 10.5 Å². The molecule has 1 aromatic carbocycles. The van der Waals surface area contributed by atoms with Crippen LogP contribution in [-0.2, 0) is 11.3 Å². The lowest BCUT2D eigenvalue weighted by atomic mass is 10.1. The van der Waals surface area contributed by atoms with Crippen molar-refractivity contribution < 1.29 is 14.0 Å². The van der Waals surface area contributed by atoms with Crippen LogP contribution in [0.1, 0.15) is 11.3 Å². The Morgan fingerprint density at radius 3 is 2.85 bits per heavy atom. The number of methoxy groups -OCH3 is 2. The first kappa shape index (κ1) is 14.6. The van der Waals surface area contributed by atoms with Gasteiger partial charge in [0.25, 0.3) is 0 Å². The first-order valence-electron chi connectivity index (χ1n) is 6.55. The van der Waals surface area contributed by atoms with Gasteiger partial charge in [-0.3, -0.25) is 0 Å². The number of rotatable bonds is 7. The van der Waals surface area contributed by atoms with Crippen LogP contribution in [0.25, 0.3) is 11.3 Å². The molecule has 0 atom stereocenters. The molecule has 2 rings (SSSR count). The zero-order valence-corrected chi connectivity index (χ0v) is 12.1. The molecule has 0 aliphatic rings. The van der Waals surface area contributed by atoms with E-state index in [9.17, 15) is 0 Å². The summed E-state index contributed by atoms with van der Waals surface area (Å²) in [6.07, 6.45) is 0. The Hall–Kier alpha value is -1.85. The predicted molar refractivity (Wildman–Crippen MR) is 76.8 cm³/mol. The summed E-state index contributed by atoms with van der Waals surface area (Å²) in [6.45, 7) is 4.15. The van der Waals surface area contributed by atoms with E-state index in [1.165, 1.54) is 0 Å². The van der Waals surface area contributed by atoms with Crippen molar-refractivity contribution in [3.8, 4) is 17.1 Å². The van der Waals surface area contributed by atoms with Crippen LogP contribution in [0.3, 0.4) is 0 Å². The summed E-state index contributed by atoms with van der Waals surface area (Å²) in [6, 6.07) is 7.90. The van der Waals surface area contributed by atoms with E-state index in [2.05, 4.69) is 10.5 Å². The summed E-state index contributed by atoms with van der Waals surface area (Å²) in [5.74, 6) is 1.50. The van der Waals surface area contributed by atoms with Crippen molar-refractivity contribution in [3.63, 3.8) is 0 Å². The summed E-state index contributed by atoms with van der Waals surface area (Å²) < 4.78 is 15.7. The number of hydrogen-bond donors (Lipinski definition) is 1. The van der Waals surface area contributed by atoms with Crippen molar-refractivity contribution in [1.29, 1.82) is 0 Å². The average Bonchev–Trinajstić information content (AvgIpc) is 2.92. The molecule has 0 unspecified atom stereocenters. The quantitative estimate of drug-likeness (QED) is 0.787. The third-order valence-corrected chi connectivity index (χ3v) is 2.97. The highest BCUT2D eigenvalue weighted by Gasteiger charge is 2.12. The van der Waals surface area contributed by atoms with E-state index >= 15 is 0 Å². The van der Waals surface area contributed by atoms with E-state index in [0.717, 1.165) is 29.1 Å². The average molecular weight is 276 g/mol. The highest BCUT2D eigenvalue weighted by molar-refractivity contribution is 5.66. The molecule has 0 amide bonds. The maximum absolute atomic E-state index is 5.40. The van der Waals surface area contributed by atoms with Crippen LogP contribution in [0.5, 0.6) is 5.75 Å². The van der Waals surface area contributed by atoms with Crippen LogP contribution in [0.2, 0.25) is 0 Å². The molecular weight excluding hydrogens is 256 g/mol. The monoisotopic (exact) mass is 276 g/mol. The van der Waals surface area contributed by atoms with Gasteiger partial charge in [-0.15, -0.1) is 0 Å². The fourth-order valence-corrected chi connectivity index (χ4v) is 1.93. The normalized spacial score (nSPS) is 10.8. The first-order chi connectivity index (χ1) is 9.74. The molecule has 0 saturated heterocycles. The third-order valence-electron chi connectivity index (χ3n) is 2.97. The zero-order chi connectivity index (χ0) is 14.4. The Bertz CT molecular complexity index is 552. The summed E-state index contributed by atoms with van der Waals surface area (Å²) in [4.78, 5) is 0. The van der Waals surface area contributed by atoms with Crippen LogP contribution >= 0.6 is 0 Å². The van der Waals surface area contributed by atoms with Gasteiger partial charge in [0.05, 0.1) is 25.0 Å². The third kappa shape index (κ3) is 3.59. The molecule has 0 bridgehead atoms. The molecule has 0 aliphatic carbocycles. The van der Waals surface area contributed by atoms with E-state index in [4.69, 9.17) is 14.0 Å². The van der Waals surface area contributed by atoms with Crippen LogP contribution < -0.4 is 10.1 Å². The topological polar surface area (TPSA) is 56.5 Å². The van der Waals surface area contributed by atoms with Gasteiger partial charge in [-0.2, -0.15) is 0 Å². The molecule has 0 saturated carbocycles. The molecule has 20 heavy (non-hydrogen) atoms. The Morgan fingerprint density at radius 2 is 2.10 bits per heavy atom. The number of benzene rings is 1. The minimum absolute atomic E-state index is 0.654. The van der Waals surface area contributed by atoms with Gasteiger partial charge in [-0.05, 0) is 19.1 Å². The summed E-state index contributed by atoms with van der Waals surface area (Å²) in [5.41, 5.74) is 2.93. The molecular formula is C15H20N2O3. The van der Waals surface area contributed by atoms with Crippen molar-refractivity contribution in [2.75, 3.05) is 27.4 Å². The number of nitrogens with one attached hydrogen (secondary N) is 1. The van der Waals surface area contributed by atoms with Gasteiger partial charge < -0.3 is 19.3 Å².